The van der Waals surface area contributed by atoms with Crippen molar-refractivity contribution in [3.8, 4) is 0 Å². The lowest BCUT2D eigenvalue weighted by Gasteiger charge is -2.29. The monoisotopic (exact) mass is 316 g/mol. The molecule has 3 heterocycles. The molecule has 2 aromatic heterocycles. The number of likely N-dealkylation sites (tertiary alicyclic amines) is 1. The minimum absolute atomic E-state index is 0.0938. The van der Waals surface area contributed by atoms with Crippen LogP contribution in [0.5, 0.6) is 0 Å². The molecule has 7 heteroatoms. The van der Waals surface area contributed by atoms with Crippen molar-refractivity contribution >= 4 is 0 Å². The molecule has 0 amide bonds. The Balaban J connectivity index is 1.89. The van der Waals surface area contributed by atoms with Crippen LogP contribution >= 0.6 is 0 Å². The standard InChI is InChI=1S/C16H24N6O/c1-11-9-16(23)21(18-12(11)2)10-15-17-13(3)19-22(15)14-5-7-20(4)8-6-14/h9,14H,5-8,10H2,1-4H3. The van der Waals surface area contributed by atoms with Crippen molar-refractivity contribution in [1.29, 1.82) is 0 Å². The van der Waals surface area contributed by atoms with Crippen LogP contribution in [0.3, 0.4) is 0 Å². The molecule has 0 spiro atoms. The number of rotatable bonds is 3. The van der Waals surface area contributed by atoms with Crippen LogP contribution in [0.25, 0.3) is 0 Å². The summed E-state index contributed by atoms with van der Waals surface area (Å²) in [5.41, 5.74) is 1.69. The normalized spacial score (nSPS) is 16.9. The SMILES string of the molecule is Cc1nc(Cn2nc(C)c(C)cc2=O)n(C2CCN(C)CC2)n1. The number of piperidine rings is 1. The van der Waals surface area contributed by atoms with Gasteiger partial charge in [-0.2, -0.15) is 10.2 Å². The number of aryl methyl sites for hydroxylation is 3. The second-order valence-electron chi connectivity index (χ2n) is 6.46. The Labute approximate surface area is 135 Å². The quantitative estimate of drug-likeness (QED) is 0.847. The van der Waals surface area contributed by atoms with Gasteiger partial charge in [-0.1, -0.05) is 0 Å². The third-order valence-electron chi connectivity index (χ3n) is 4.57. The Kier molecular flexibility index (Phi) is 4.30. The highest BCUT2D eigenvalue weighted by Gasteiger charge is 2.22. The van der Waals surface area contributed by atoms with Crippen molar-refractivity contribution in [2.75, 3.05) is 20.1 Å². The van der Waals surface area contributed by atoms with Crippen molar-refractivity contribution in [2.24, 2.45) is 0 Å². The largest absolute Gasteiger partial charge is 0.306 e. The highest BCUT2D eigenvalue weighted by Crippen LogP contribution is 2.22. The Bertz CT molecular complexity index is 754. The summed E-state index contributed by atoms with van der Waals surface area (Å²) >= 11 is 0. The van der Waals surface area contributed by atoms with E-state index < -0.39 is 0 Å². The summed E-state index contributed by atoms with van der Waals surface area (Å²) in [5, 5.41) is 8.96. The lowest BCUT2D eigenvalue weighted by Crippen LogP contribution is -2.33. The van der Waals surface area contributed by atoms with Gasteiger partial charge < -0.3 is 4.90 Å². The van der Waals surface area contributed by atoms with Crippen LogP contribution in [0.4, 0.5) is 0 Å². The highest BCUT2D eigenvalue weighted by molar-refractivity contribution is 5.13. The fourth-order valence-corrected chi connectivity index (χ4v) is 3.03. The minimum atomic E-state index is -0.0938. The van der Waals surface area contributed by atoms with Gasteiger partial charge in [-0.05, 0) is 59.3 Å². The first kappa shape index (κ1) is 15.9. The summed E-state index contributed by atoms with van der Waals surface area (Å²) in [6, 6.07) is 1.98. The van der Waals surface area contributed by atoms with Gasteiger partial charge in [0.2, 0.25) is 0 Å². The average molecular weight is 316 g/mol. The highest BCUT2D eigenvalue weighted by atomic mass is 16.1. The summed E-state index contributed by atoms with van der Waals surface area (Å²) in [6.07, 6.45) is 2.11. The average Bonchev–Trinajstić information content (AvgIpc) is 2.86. The number of hydrogen-bond acceptors (Lipinski definition) is 5. The predicted octanol–water partition coefficient (Wildman–Crippen LogP) is 1.08. The third-order valence-corrected chi connectivity index (χ3v) is 4.57. The Morgan fingerprint density at radius 2 is 1.87 bits per heavy atom. The van der Waals surface area contributed by atoms with Crippen LogP contribution in [0.1, 0.15) is 41.8 Å². The van der Waals surface area contributed by atoms with Crippen LogP contribution in [-0.4, -0.2) is 49.6 Å². The van der Waals surface area contributed by atoms with Crippen LogP contribution in [0.15, 0.2) is 10.9 Å². The first-order valence-corrected chi connectivity index (χ1v) is 8.10. The fourth-order valence-electron chi connectivity index (χ4n) is 3.03. The molecular formula is C16H24N6O. The van der Waals surface area contributed by atoms with E-state index in [2.05, 4.69) is 27.1 Å². The number of aromatic nitrogens is 5. The lowest BCUT2D eigenvalue weighted by molar-refractivity contribution is 0.208. The maximum absolute atomic E-state index is 12.2. The van der Waals surface area contributed by atoms with Gasteiger partial charge in [-0.3, -0.25) is 4.79 Å². The molecule has 124 valence electrons. The molecule has 0 radical (unpaired) electrons. The van der Waals surface area contributed by atoms with Crippen LogP contribution in [0, 0.1) is 20.8 Å². The molecule has 7 nitrogen and oxygen atoms in total. The Morgan fingerprint density at radius 3 is 2.57 bits per heavy atom. The van der Waals surface area contributed by atoms with Crippen LogP contribution in [0.2, 0.25) is 0 Å². The molecule has 0 atom stereocenters. The summed E-state index contributed by atoms with van der Waals surface area (Å²) < 4.78 is 3.49. The topological polar surface area (TPSA) is 68.8 Å². The molecule has 2 aromatic rings. The molecule has 1 saturated heterocycles. The first-order valence-electron chi connectivity index (χ1n) is 8.10. The van der Waals surface area contributed by atoms with Gasteiger partial charge in [0.25, 0.3) is 5.56 Å². The van der Waals surface area contributed by atoms with Gasteiger partial charge >= 0.3 is 0 Å². The van der Waals surface area contributed by atoms with Crippen molar-refractivity contribution in [3.63, 3.8) is 0 Å². The van der Waals surface area contributed by atoms with E-state index in [4.69, 9.17) is 0 Å². The summed E-state index contributed by atoms with van der Waals surface area (Å²) in [4.78, 5) is 19.0. The molecule has 1 aliphatic rings. The lowest BCUT2D eigenvalue weighted by atomic mass is 10.1. The minimum Gasteiger partial charge on any atom is -0.306 e. The maximum Gasteiger partial charge on any atom is 0.267 e. The van der Waals surface area contributed by atoms with E-state index in [9.17, 15) is 4.79 Å². The molecule has 23 heavy (non-hydrogen) atoms. The zero-order valence-corrected chi connectivity index (χ0v) is 14.3. The van der Waals surface area contributed by atoms with Crippen molar-refractivity contribution < 1.29 is 0 Å². The van der Waals surface area contributed by atoms with Crippen molar-refractivity contribution in [1.82, 2.24) is 29.4 Å². The summed E-state index contributed by atoms with van der Waals surface area (Å²) in [7, 11) is 2.14. The number of nitrogens with zero attached hydrogens (tertiary/aromatic N) is 6. The van der Waals surface area contributed by atoms with Crippen LogP contribution in [-0.2, 0) is 6.54 Å². The molecule has 1 fully saturated rings. The molecule has 3 rings (SSSR count). The molecule has 1 aliphatic heterocycles. The van der Waals surface area contributed by atoms with E-state index in [1.165, 1.54) is 4.68 Å². The first-order chi connectivity index (χ1) is 10.9. The predicted molar refractivity (Wildman–Crippen MR) is 87.6 cm³/mol. The zero-order valence-electron chi connectivity index (χ0n) is 14.3. The van der Waals surface area contributed by atoms with E-state index in [1.807, 2.05) is 25.5 Å². The van der Waals surface area contributed by atoms with E-state index >= 15 is 0 Å². The van der Waals surface area contributed by atoms with Gasteiger partial charge in [0.15, 0.2) is 0 Å². The van der Waals surface area contributed by atoms with Gasteiger partial charge in [-0.15, -0.1) is 0 Å². The maximum atomic E-state index is 12.2. The fraction of sp³-hybridized carbons (Fsp3) is 0.625. The zero-order chi connectivity index (χ0) is 16.6. The van der Waals surface area contributed by atoms with Gasteiger partial charge in [-0.25, -0.2) is 14.3 Å². The van der Waals surface area contributed by atoms with Crippen molar-refractivity contribution in [3.05, 3.63) is 39.3 Å². The van der Waals surface area contributed by atoms with Gasteiger partial charge in [0.1, 0.15) is 18.2 Å². The molecule has 0 unspecified atom stereocenters. The van der Waals surface area contributed by atoms with Gasteiger partial charge in [0.05, 0.1) is 11.7 Å². The summed E-state index contributed by atoms with van der Waals surface area (Å²) in [5.74, 6) is 1.56. The Hall–Kier alpha value is -2.02. The second-order valence-corrected chi connectivity index (χ2v) is 6.46. The smallest absolute Gasteiger partial charge is 0.267 e. The van der Waals surface area contributed by atoms with E-state index in [1.54, 1.807) is 6.07 Å². The molecule has 0 N–H and O–H groups in total. The Morgan fingerprint density at radius 1 is 1.17 bits per heavy atom. The van der Waals surface area contributed by atoms with E-state index in [0.29, 0.717) is 12.6 Å². The van der Waals surface area contributed by atoms with E-state index in [-0.39, 0.29) is 5.56 Å². The molecule has 0 bridgehead atoms. The molecule has 0 aliphatic carbocycles. The van der Waals surface area contributed by atoms with Crippen LogP contribution < -0.4 is 5.56 Å². The van der Waals surface area contributed by atoms with Gasteiger partial charge in [0, 0.05) is 6.07 Å². The van der Waals surface area contributed by atoms with Crippen molar-refractivity contribution in [2.45, 2.75) is 46.2 Å². The summed E-state index contributed by atoms with van der Waals surface area (Å²) in [6.45, 7) is 8.20. The molecule has 0 saturated carbocycles. The molecular weight excluding hydrogens is 292 g/mol. The van der Waals surface area contributed by atoms with E-state index in [0.717, 1.165) is 48.8 Å². The molecule has 0 aromatic carbocycles. The number of hydrogen-bond donors (Lipinski definition) is 0. The third kappa shape index (κ3) is 3.34. The second kappa shape index (κ2) is 6.23.